The summed E-state index contributed by atoms with van der Waals surface area (Å²) in [6.45, 7) is 8.31. The van der Waals surface area contributed by atoms with Crippen LogP contribution in [0.3, 0.4) is 0 Å². The lowest BCUT2D eigenvalue weighted by atomic mass is 10.0. The van der Waals surface area contributed by atoms with E-state index in [0.717, 1.165) is 19.5 Å². The van der Waals surface area contributed by atoms with Gasteiger partial charge in [0.05, 0.1) is 11.7 Å². The van der Waals surface area contributed by atoms with Crippen molar-refractivity contribution in [1.29, 1.82) is 0 Å². The van der Waals surface area contributed by atoms with E-state index < -0.39 is 0 Å². The van der Waals surface area contributed by atoms with Crippen molar-refractivity contribution in [2.75, 3.05) is 6.54 Å². The minimum Gasteiger partial charge on any atom is -0.305 e. The highest BCUT2D eigenvalue weighted by molar-refractivity contribution is 9.10. The van der Waals surface area contributed by atoms with Gasteiger partial charge in [0.2, 0.25) is 0 Å². The first-order valence-electron chi connectivity index (χ1n) is 7.19. The highest BCUT2D eigenvalue weighted by Gasteiger charge is 2.20. The molecule has 1 N–H and O–H groups in total. The number of aryl methyl sites for hydroxylation is 2. The van der Waals surface area contributed by atoms with Gasteiger partial charge in [0.15, 0.2) is 0 Å². The van der Waals surface area contributed by atoms with Crippen LogP contribution in [-0.2, 0) is 6.54 Å². The second-order valence-electron chi connectivity index (χ2n) is 4.95. The molecule has 0 saturated carbocycles. The van der Waals surface area contributed by atoms with Crippen LogP contribution in [0.1, 0.15) is 43.1 Å². The van der Waals surface area contributed by atoms with E-state index in [4.69, 9.17) is 0 Å². The summed E-state index contributed by atoms with van der Waals surface area (Å²) in [4.78, 5) is 0. The molecule has 0 fully saturated rings. The summed E-state index contributed by atoms with van der Waals surface area (Å²) in [5.74, 6) is 0. The third kappa shape index (κ3) is 3.13. The van der Waals surface area contributed by atoms with Crippen molar-refractivity contribution in [3.63, 3.8) is 0 Å². The zero-order chi connectivity index (χ0) is 14.5. The Kier molecular flexibility index (Phi) is 5.38. The molecule has 0 bridgehead atoms. The molecule has 0 aliphatic rings. The molecule has 20 heavy (non-hydrogen) atoms. The fraction of sp³-hybridized carbons (Fsp3) is 0.438. The van der Waals surface area contributed by atoms with E-state index in [1.807, 2.05) is 6.20 Å². The third-order valence-corrected chi connectivity index (χ3v) is 4.50. The molecule has 1 aromatic heterocycles. The summed E-state index contributed by atoms with van der Waals surface area (Å²) in [6.07, 6.45) is 2.97. The van der Waals surface area contributed by atoms with Gasteiger partial charge in [-0.3, -0.25) is 4.68 Å². The van der Waals surface area contributed by atoms with Crippen LogP contribution in [0.5, 0.6) is 0 Å². The van der Waals surface area contributed by atoms with Gasteiger partial charge in [-0.2, -0.15) is 5.10 Å². The highest BCUT2D eigenvalue weighted by Crippen LogP contribution is 2.30. The molecule has 3 nitrogen and oxygen atoms in total. The van der Waals surface area contributed by atoms with Gasteiger partial charge in [-0.25, -0.2) is 0 Å². The van der Waals surface area contributed by atoms with Gasteiger partial charge < -0.3 is 5.32 Å². The first kappa shape index (κ1) is 15.3. The minimum atomic E-state index is 0.170. The van der Waals surface area contributed by atoms with Crippen LogP contribution in [0, 0.1) is 6.92 Å². The molecule has 1 unspecified atom stereocenters. The fourth-order valence-electron chi connectivity index (χ4n) is 2.46. The largest absolute Gasteiger partial charge is 0.305 e. The molecule has 108 valence electrons. The molecule has 1 aromatic carbocycles. The van der Waals surface area contributed by atoms with Crippen LogP contribution in [0.2, 0.25) is 0 Å². The second-order valence-corrected chi connectivity index (χ2v) is 5.74. The lowest BCUT2D eigenvalue weighted by Gasteiger charge is -2.22. The Bertz CT molecular complexity index is 563. The summed E-state index contributed by atoms with van der Waals surface area (Å²) in [6, 6.07) is 8.69. The van der Waals surface area contributed by atoms with E-state index >= 15 is 0 Å². The van der Waals surface area contributed by atoms with Gasteiger partial charge >= 0.3 is 0 Å². The van der Waals surface area contributed by atoms with Crippen LogP contribution in [0.15, 0.2) is 34.9 Å². The van der Waals surface area contributed by atoms with E-state index in [-0.39, 0.29) is 6.04 Å². The maximum Gasteiger partial charge on any atom is 0.0759 e. The molecule has 0 aliphatic heterocycles. The summed E-state index contributed by atoms with van der Waals surface area (Å²) in [7, 11) is 0. The van der Waals surface area contributed by atoms with Gasteiger partial charge in [0.1, 0.15) is 0 Å². The molecule has 0 aliphatic carbocycles. The van der Waals surface area contributed by atoms with Crippen molar-refractivity contribution in [2.45, 2.75) is 39.8 Å². The minimum absolute atomic E-state index is 0.170. The highest BCUT2D eigenvalue weighted by atomic mass is 79.9. The van der Waals surface area contributed by atoms with Gasteiger partial charge in [0, 0.05) is 17.2 Å². The monoisotopic (exact) mass is 335 g/mol. The number of rotatable bonds is 6. The average molecular weight is 336 g/mol. The number of halogens is 1. The topological polar surface area (TPSA) is 29.9 Å². The predicted molar refractivity (Wildman–Crippen MR) is 86.9 cm³/mol. The van der Waals surface area contributed by atoms with Crippen LogP contribution >= 0.6 is 15.9 Å². The number of aromatic nitrogens is 2. The molecular weight excluding hydrogens is 314 g/mol. The Labute approximate surface area is 129 Å². The van der Waals surface area contributed by atoms with Crippen LogP contribution in [0.25, 0.3) is 0 Å². The van der Waals surface area contributed by atoms with Gasteiger partial charge in [-0.15, -0.1) is 0 Å². The third-order valence-electron chi connectivity index (χ3n) is 3.42. The molecular formula is C16H22BrN3. The lowest BCUT2D eigenvalue weighted by Crippen LogP contribution is -2.25. The van der Waals surface area contributed by atoms with Crippen molar-refractivity contribution >= 4 is 15.9 Å². The SMILES string of the molecule is CCCn1nccc1C(NCC)c1cccc(C)c1Br. The predicted octanol–water partition coefficient (Wildman–Crippen LogP) is 4.06. The van der Waals surface area contributed by atoms with Gasteiger partial charge in [-0.05, 0) is 37.1 Å². The van der Waals surface area contributed by atoms with Crippen molar-refractivity contribution in [3.05, 3.63) is 51.8 Å². The molecule has 1 atom stereocenters. The normalized spacial score (nSPS) is 12.6. The maximum absolute atomic E-state index is 4.45. The van der Waals surface area contributed by atoms with Gasteiger partial charge in [0.25, 0.3) is 0 Å². The Balaban J connectivity index is 2.45. The molecule has 2 aromatic rings. The zero-order valence-electron chi connectivity index (χ0n) is 12.4. The Morgan fingerprint density at radius 2 is 2.10 bits per heavy atom. The molecule has 4 heteroatoms. The smallest absolute Gasteiger partial charge is 0.0759 e. The second kappa shape index (κ2) is 7.04. The number of hydrogen-bond donors (Lipinski definition) is 1. The van der Waals surface area contributed by atoms with Crippen molar-refractivity contribution < 1.29 is 0 Å². The molecule has 1 heterocycles. The van der Waals surface area contributed by atoms with E-state index in [0.29, 0.717) is 0 Å². The lowest BCUT2D eigenvalue weighted by molar-refractivity contribution is 0.519. The molecule has 0 spiro atoms. The number of benzene rings is 1. The van der Waals surface area contributed by atoms with Crippen LogP contribution < -0.4 is 5.32 Å². The Morgan fingerprint density at radius 3 is 2.80 bits per heavy atom. The number of hydrogen-bond acceptors (Lipinski definition) is 2. The first-order valence-corrected chi connectivity index (χ1v) is 7.98. The summed E-state index contributed by atoms with van der Waals surface area (Å²) in [5, 5.41) is 8.03. The van der Waals surface area contributed by atoms with Gasteiger partial charge in [-0.1, -0.05) is 48.0 Å². The average Bonchev–Trinajstić information content (AvgIpc) is 2.88. The van der Waals surface area contributed by atoms with Crippen molar-refractivity contribution in [3.8, 4) is 0 Å². The van der Waals surface area contributed by atoms with Crippen LogP contribution in [-0.4, -0.2) is 16.3 Å². The van der Waals surface area contributed by atoms with Crippen molar-refractivity contribution in [1.82, 2.24) is 15.1 Å². The number of nitrogens with one attached hydrogen (secondary N) is 1. The molecule has 0 saturated heterocycles. The molecule has 0 amide bonds. The summed E-state index contributed by atoms with van der Waals surface area (Å²) >= 11 is 3.73. The fourth-order valence-corrected chi connectivity index (χ4v) is 2.95. The van der Waals surface area contributed by atoms with E-state index in [2.05, 4.69) is 76.1 Å². The number of nitrogens with zero attached hydrogens (tertiary/aromatic N) is 2. The van der Waals surface area contributed by atoms with E-state index in [1.165, 1.54) is 21.3 Å². The van der Waals surface area contributed by atoms with Crippen LogP contribution in [0.4, 0.5) is 0 Å². The summed E-state index contributed by atoms with van der Waals surface area (Å²) in [5.41, 5.74) is 3.75. The van der Waals surface area contributed by atoms with E-state index in [1.54, 1.807) is 0 Å². The molecule has 2 rings (SSSR count). The summed E-state index contributed by atoms with van der Waals surface area (Å²) < 4.78 is 3.28. The quantitative estimate of drug-likeness (QED) is 0.862. The van der Waals surface area contributed by atoms with E-state index in [9.17, 15) is 0 Å². The molecule has 0 radical (unpaired) electrons. The Morgan fingerprint density at radius 1 is 1.30 bits per heavy atom. The maximum atomic E-state index is 4.45. The Hall–Kier alpha value is -1.13. The van der Waals surface area contributed by atoms with Crippen molar-refractivity contribution in [2.24, 2.45) is 0 Å². The zero-order valence-corrected chi connectivity index (χ0v) is 13.9. The first-order chi connectivity index (χ1) is 9.69. The standard InChI is InChI=1S/C16H22BrN3/c1-4-11-20-14(9-10-19-20)16(18-5-2)13-8-6-7-12(3)15(13)17/h6-10,16,18H,4-5,11H2,1-3H3.